The summed E-state index contributed by atoms with van der Waals surface area (Å²) in [6, 6.07) is 2.69. The summed E-state index contributed by atoms with van der Waals surface area (Å²) in [7, 11) is 4.33. The molecule has 104 valence electrons. The van der Waals surface area contributed by atoms with Crippen LogP contribution in [0.15, 0.2) is 10.7 Å². The molecular weight excluding hydrogens is 304 g/mol. The summed E-state index contributed by atoms with van der Waals surface area (Å²) in [5, 5.41) is 0. The molecule has 0 aromatic carbocycles. The van der Waals surface area contributed by atoms with E-state index in [2.05, 4.69) is 50.9 Å². The Labute approximate surface area is 123 Å². The molecule has 3 rings (SSSR count). The standard InChI is InChI=1S/C14H21BrN4/c1-18(2)11-4-3-7-19(9-11)13-8-12(15)16-14(17-13)10-5-6-10/h8,10-11H,3-7,9H2,1-2H3. The fourth-order valence-electron chi connectivity index (χ4n) is 2.69. The zero-order valence-corrected chi connectivity index (χ0v) is 13.2. The van der Waals surface area contributed by atoms with E-state index in [0.29, 0.717) is 12.0 Å². The van der Waals surface area contributed by atoms with Gasteiger partial charge in [0.1, 0.15) is 16.2 Å². The Hall–Kier alpha value is -0.680. The van der Waals surface area contributed by atoms with Gasteiger partial charge in [0.15, 0.2) is 0 Å². The van der Waals surface area contributed by atoms with Crippen molar-refractivity contribution in [1.29, 1.82) is 0 Å². The van der Waals surface area contributed by atoms with Crippen LogP contribution in [0.4, 0.5) is 5.82 Å². The molecule has 2 fully saturated rings. The SMILES string of the molecule is CN(C)C1CCCN(c2cc(Br)nc(C3CC3)n2)C1. The Morgan fingerprint density at radius 2 is 2.05 bits per heavy atom. The van der Waals surface area contributed by atoms with Crippen LogP contribution in [-0.2, 0) is 0 Å². The fourth-order valence-corrected chi connectivity index (χ4v) is 3.08. The summed E-state index contributed by atoms with van der Waals surface area (Å²) in [6.45, 7) is 2.18. The van der Waals surface area contributed by atoms with Gasteiger partial charge in [-0.3, -0.25) is 0 Å². The maximum Gasteiger partial charge on any atom is 0.135 e. The average Bonchev–Trinajstić information content (AvgIpc) is 3.22. The highest BCUT2D eigenvalue weighted by Crippen LogP contribution is 2.39. The van der Waals surface area contributed by atoms with Gasteiger partial charge in [0.05, 0.1) is 0 Å². The summed E-state index contributed by atoms with van der Waals surface area (Å²) >= 11 is 3.53. The van der Waals surface area contributed by atoms with Crippen LogP contribution in [0, 0.1) is 0 Å². The molecule has 1 saturated heterocycles. The van der Waals surface area contributed by atoms with Gasteiger partial charge in [-0.05, 0) is 55.7 Å². The van der Waals surface area contributed by atoms with Gasteiger partial charge in [-0.15, -0.1) is 0 Å². The maximum atomic E-state index is 4.78. The molecule has 4 nitrogen and oxygen atoms in total. The largest absolute Gasteiger partial charge is 0.355 e. The van der Waals surface area contributed by atoms with E-state index in [0.717, 1.165) is 29.3 Å². The summed E-state index contributed by atoms with van der Waals surface area (Å²) in [5.41, 5.74) is 0. The maximum absolute atomic E-state index is 4.78. The van der Waals surface area contributed by atoms with Gasteiger partial charge in [-0.2, -0.15) is 0 Å². The van der Waals surface area contributed by atoms with Gasteiger partial charge in [0.25, 0.3) is 0 Å². The van der Waals surface area contributed by atoms with E-state index in [9.17, 15) is 0 Å². The van der Waals surface area contributed by atoms with Crippen LogP contribution in [0.25, 0.3) is 0 Å². The van der Waals surface area contributed by atoms with Gasteiger partial charge in [-0.1, -0.05) is 0 Å². The van der Waals surface area contributed by atoms with Crippen LogP contribution in [0.2, 0.25) is 0 Å². The average molecular weight is 325 g/mol. The van der Waals surface area contributed by atoms with Gasteiger partial charge in [0.2, 0.25) is 0 Å². The third kappa shape index (κ3) is 3.08. The number of anilines is 1. The van der Waals surface area contributed by atoms with Crippen LogP contribution < -0.4 is 4.90 Å². The molecule has 2 heterocycles. The van der Waals surface area contributed by atoms with E-state index >= 15 is 0 Å². The number of piperidine rings is 1. The third-order valence-electron chi connectivity index (χ3n) is 4.09. The highest BCUT2D eigenvalue weighted by molar-refractivity contribution is 9.10. The highest BCUT2D eigenvalue weighted by Gasteiger charge is 2.29. The molecule has 1 unspecified atom stereocenters. The summed E-state index contributed by atoms with van der Waals surface area (Å²) in [5.74, 6) is 2.72. The lowest BCUT2D eigenvalue weighted by atomic mass is 10.1. The van der Waals surface area contributed by atoms with Gasteiger partial charge in [-0.25, -0.2) is 9.97 Å². The second-order valence-corrected chi connectivity index (χ2v) is 6.70. The number of nitrogens with zero attached hydrogens (tertiary/aromatic N) is 4. The minimum Gasteiger partial charge on any atom is -0.355 e. The molecule has 1 atom stereocenters. The molecule has 0 radical (unpaired) electrons. The predicted octanol–water partition coefficient (Wildman–Crippen LogP) is 2.65. The second kappa shape index (κ2) is 5.37. The molecule has 1 aliphatic heterocycles. The van der Waals surface area contributed by atoms with Crippen molar-refractivity contribution in [2.24, 2.45) is 0 Å². The molecule has 0 bridgehead atoms. The molecule has 19 heavy (non-hydrogen) atoms. The molecule has 5 heteroatoms. The molecule has 1 aliphatic carbocycles. The van der Waals surface area contributed by atoms with Crippen molar-refractivity contribution in [1.82, 2.24) is 14.9 Å². The fraction of sp³-hybridized carbons (Fsp3) is 0.714. The van der Waals surface area contributed by atoms with Crippen molar-refractivity contribution >= 4 is 21.7 Å². The summed E-state index contributed by atoms with van der Waals surface area (Å²) < 4.78 is 0.923. The van der Waals surface area contributed by atoms with Gasteiger partial charge in [0, 0.05) is 31.1 Å². The number of rotatable bonds is 3. The van der Waals surface area contributed by atoms with E-state index < -0.39 is 0 Å². The monoisotopic (exact) mass is 324 g/mol. The van der Waals surface area contributed by atoms with Crippen LogP contribution in [0.3, 0.4) is 0 Å². The highest BCUT2D eigenvalue weighted by atomic mass is 79.9. The van der Waals surface area contributed by atoms with E-state index in [1.165, 1.54) is 25.7 Å². The van der Waals surface area contributed by atoms with E-state index in [-0.39, 0.29) is 0 Å². The van der Waals surface area contributed by atoms with E-state index in [4.69, 9.17) is 4.98 Å². The Bertz CT molecular complexity index is 459. The number of aromatic nitrogens is 2. The first-order valence-corrected chi connectivity index (χ1v) is 7.88. The molecule has 1 aromatic rings. The number of halogens is 1. The topological polar surface area (TPSA) is 32.3 Å². The lowest BCUT2D eigenvalue weighted by Crippen LogP contribution is -2.45. The Morgan fingerprint density at radius 1 is 1.26 bits per heavy atom. The molecule has 0 spiro atoms. The van der Waals surface area contributed by atoms with E-state index in [1.54, 1.807) is 0 Å². The van der Waals surface area contributed by atoms with E-state index in [1.807, 2.05) is 0 Å². The number of likely N-dealkylation sites (N-methyl/N-ethyl adjacent to an activating group) is 1. The van der Waals surface area contributed by atoms with Crippen LogP contribution in [0.5, 0.6) is 0 Å². The predicted molar refractivity (Wildman–Crippen MR) is 80.6 cm³/mol. The van der Waals surface area contributed by atoms with Crippen LogP contribution in [0.1, 0.15) is 37.4 Å². The molecule has 1 aromatic heterocycles. The minimum atomic E-state index is 0.602. The number of hydrogen-bond acceptors (Lipinski definition) is 4. The third-order valence-corrected chi connectivity index (χ3v) is 4.50. The van der Waals surface area contributed by atoms with Crippen molar-refractivity contribution in [2.75, 3.05) is 32.1 Å². The van der Waals surface area contributed by atoms with Crippen molar-refractivity contribution < 1.29 is 0 Å². The first-order chi connectivity index (χ1) is 9.13. The zero-order valence-electron chi connectivity index (χ0n) is 11.6. The normalized spacial score (nSPS) is 24.0. The Kier molecular flexibility index (Phi) is 3.76. The molecule has 0 amide bonds. The smallest absolute Gasteiger partial charge is 0.135 e. The van der Waals surface area contributed by atoms with Crippen LogP contribution in [-0.4, -0.2) is 48.1 Å². The van der Waals surface area contributed by atoms with Gasteiger partial charge >= 0.3 is 0 Å². The molecular formula is C14H21BrN4. The minimum absolute atomic E-state index is 0.602. The van der Waals surface area contributed by atoms with Crippen molar-refractivity contribution in [3.8, 4) is 0 Å². The lowest BCUT2D eigenvalue weighted by Gasteiger charge is -2.36. The van der Waals surface area contributed by atoms with Crippen molar-refractivity contribution in [3.63, 3.8) is 0 Å². The van der Waals surface area contributed by atoms with Gasteiger partial charge < -0.3 is 9.80 Å². The van der Waals surface area contributed by atoms with Crippen molar-refractivity contribution in [3.05, 3.63) is 16.5 Å². The summed E-state index contributed by atoms with van der Waals surface area (Å²) in [4.78, 5) is 14.0. The second-order valence-electron chi connectivity index (χ2n) is 5.89. The quantitative estimate of drug-likeness (QED) is 0.800. The Morgan fingerprint density at radius 3 is 2.74 bits per heavy atom. The first kappa shape index (κ1) is 13.3. The zero-order chi connectivity index (χ0) is 13.4. The first-order valence-electron chi connectivity index (χ1n) is 7.09. The summed E-state index contributed by atoms with van der Waals surface area (Å²) in [6.07, 6.45) is 5.01. The lowest BCUT2D eigenvalue weighted by molar-refractivity contribution is 0.257. The molecule has 0 N–H and O–H groups in total. The molecule has 1 saturated carbocycles. The molecule has 2 aliphatic rings. The number of hydrogen-bond donors (Lipinski definition) is 0. The van der Waals surface area contributed by atoms with Crippen molar-refractivity contribution in [2.45, 2.75) is 37.6 Å². The van der Waals surface area contributed by atoms with Crippen LogP contribution >= 0.6 is 15.9 Å². The Balaban J connectivity index is 1.80.